The molecule has 0 aliphatic carbocycles. The summed E-state index contributed by atoms with van der Waals surface area (Å²) in [6.07, 6.45) is 2.62. The topological polar surface area (TPSA) is 178 Å². The summed E-state index contributed by atoms with van der Waals surface area (Å²) in [6.45, 7) is 0. The molecule has 0 saturated carbocycles. The maximum absolute atomic E-state index is 12.5. The molecule has 1 amide bonds. The minimum Gasteiger partial charge on any atom is -0.431 e. The van der Waals surface area contributed by atoms with Gasteiger partial charge in [-0.3, -0.25) is 9.78 Å². The zero-order valence-electron chi connectivity index (χ0n) is 15.5. The average molecular weight is 423 g/mol. The molecule has 4 N–H and O–H groups in total. The van der Waals surface area contributed by atoms with Gasteiger partial charge in [0.05, 0.1) is 24.5 Å². The summed E-state index contributed by atoms with van der Waals surface area (Å²) in [4.78, 5) is 20.1. The van der Waals surface area contributed by atoms with Gasteiger partial charge >= 0.3 is 6.01 Å². The van der Waals surface area contributed by atoms with Crippen LogP contribution in [0.1, 0.15) is 28.9 Å². The zero-order chi connectivity index (χ0) is 21.4. The van der Waals surface area contributed by atoms with Crippen molar-refractivity contribution in [3.63, 3.8) is 0 Å². The first-order chi connectivity index (χ1) is 13.7. The number of nitrogens with zero attached hydrogens (tertiary/aromatic N) is 3. The third kappa shape index (κ3) is 7.15. The number of aromatic nitrogens is 2. The number of sulfonamides is 1. The minimum atomic E-state index is -3.63. The Morgan fingerprint density at radius 3 is 2.66 bits per heavy atom. The summed E-state index contributed by atoms with van der Waals surface area (Å²) < 4.78 is 29.3. The molecule has 156 valence electrons. The van der Waals surface area contributed by atoms with E-state index in [1.165, 1.54) is 0 Å². The Kier molecular flexibility index (Phi) is 7.66. The van der Waals surface area contributed by atoms with Gasteiger partial charge in [-0.05, 0) is 30.5 Å². The first-order valence-corrected chi connectivity index (χ1v) is 10.4. The molecule has 0 spiro atoms. The lowest BCUT2D eigenvalue weighted by atomic mass is 9.96. The van der Waals surface area contributed by atoms with E-state index in [0.29, 0.717) is 0 Å². The SMILES string of the molecule is CS(=O)(=O)Nc1nc(C(=O)NC(Cc2ccncc2)C(O)C(O)CCC#N)co1. The number of hydrogen-bond donors (Lipinski definition) is 4. The van der Waals surface area contributed by atoms with Gasteiger partial charge < -0.3 is 19.9 Å². The van der Waals surface area contributed by atoms with Gasteiger partial charge in [0.2, 0.25) is 10.0 Å². The number of aliphatic hydroxyl groups excluding tert-OH is 2. The first-order valence-electron chi connectivity index (χ1n) is 8.55. The normalized spacial score (nSPS) is 14.4. The van der Waals surface area contributed by atoms with E-state index in [2.05, 4.69) is 15.3 Å². The quantitative estimate of drug-likeness (QED) is 0.403. The van der Waals surface area contributed by atoms with Crippen molar-refractivity contribution in [1.82, 2.24) is 15.3 Å². The molecule has 0 bridgehead atoms. The van der Waals surface area contributed by atoms with Gasteiger partial charge in [-0.25, -0.2) is 13.1 Å². The molecule has 0 aliphatic heterocycles. The molecule has 2 rings (SSSR count). The summed E-state index contributed by atoms with van der Waals surface area (Å²) in [5, 5.41) is 31.9. The molecular formula is C17H21N5O6S. The highest BCUT2D eigenvalue weighted by Gasteiger charge is 2.29. The summed E-state index contributed by atoms with van der Waals surface area (Å²) in [5.74, 6) is -0.735. The first kappa shape index (κ1) is 22.3. The summed E-state index contributed by atoms with van der Waals surface area (Å²) in [6, 6.07) is 3.98. The number of oxazole rings is 1. The molecule has 0 radical (unpaired) electrons. The zero-order valence-corrected chi connectivity index (χ0v) is 16.3. The van der Waals surface area contributed by atoms with Gasteiger partial charge in [0.25, 0.3) is 5.91 Å². The number of carbonyl (C=O) groups excluding carboxylic acids is 1. The second kappa shape index (κ2) is 9.97. The van der Waals surface area contributed by atoms with Crippen molar-refractivity contribution >= 4 is 21.9 Å². The number of pyridine rings is 1. The largest absolute Gasteiger partial charge is 0.431 e. The van der Waals surface area contributed by atoms with E-state index in [1.54, 1.807) is 24.5 Å². The van der Waals surface area contributed by atoms with Gasteiger partial charge in [-0.2, -0.15) is 10.2 Å². The Labute approximate surface area is 167 Å². The maximum atomic E-state index is 12.5. The molecule has 29 heavy (non-hydrogen) atoms. The number of carbonyl (C=O) groups is 1. The molecule has 2 heterocycles. The molecule has 0 aromatic carbocycles. The predicted molar refractivity (Wildman–Crippen MR) is 101 cm³/mol. The van der Waals surface area contributed by atoms with E-state index in [9.17, 15) is 23.4 Å². The second-order valence-electron chi connectivity index (χ2n) is 6.31. The van der Waals surface area contributed by atoms with E-state index in [0.717, 1.165) is 18.1 Å². The molecule has 3 unspecified atom stereocenters. The van der Waals surface area contributed by atoms with Crippen LogP contribution in [0.4, 0.5) is 6.01 Å². The fourth-order valence-corrected chi connectivity index (χ4v) is 2.92. The number of hydrogen-bond acceptors (Lipinski definition) is 9. The van der Waals surface area contributed by atoms with Crippen LogP contribution in [0.15, 0.2) is 35.2 Å². The third-order valence-electron chi connectivity index (χ3n) is 3.89. The van der Waals surface area contributed by atoms with E-state index >= 15 is 0 Å². The summed E-state index contributed by atoms with van der Waals surface area (Å²) in [5.41, 5.74) is 0.533. The van der Waals surface area contributed by atoms with Gasteiger partial charge in [0.15, 0.2) is 5.69 Å². The van der Waals surface area contributed by atoms with Crippen LogP contribution in [0.3, 0.4) is 0 Å². The number of rotatable bonds is 10. The van der Waals surface area contributed by atoms with Crippen LogP contribution < -0.4 is 10.0 Å². The van der Waals surface area contributed by atoms with Crippen molar-refractivity contribution in [3.05, 3.63) is 42.0 Å². The number of amides is 1. The Bertz CT molecular complexity index is 956. The van der Waals surface area contributed by atoms with Crippen LogP contribution in [0.5, 0.6) is 0 Å². The number of aliphatic hydroxyl groups is 2. The third-order valence-corrected chi connectivity index (χ3v) is 4.43. The lowest BCUT2D eigenvalue weighted by molar-refractivity contribution is -0.00647. The molecular weight excluding hydrogens is 402 g/mol. The van der Waals surface area contributed by atoms with Gasteiger partial charge in [-0.15, -0.1) is 0 Å². The molecule has 2 aromatic rings. The fourth-order valence-electron chi connectivity index (χ4n) is 2.51. The van der Waals surface area contributed by atoms with E-state index in [4.69, 9.17) is 9.68 Å². The highest BCUT2D eigenvalue weighted by molar-refractivity contribution is 7.91. The van der Waals surface area contributed by atoms with Crippen molar-refractivity contribution in [2.24, 2.45) is 0 Å². The minimum absolute atomic E-state index is 0.0345. The van der Waals surface area contributed by atoms with Crippen molar-refractivity contribution in [2.75, 3.05) is 11.0 Å². The number of anilines is 1. The van der Waals surface area contributed by atoms with Crippen molar-refractivity contribution < 1.29 is 27.8 Å². The lowest BCUT2D eigenvalue weighted by Crippen LogP contribution is -2.49. The van der Waals surface area contributed by atoms with Gasteiger partial charge in [-0.1, -0.05) is 0 Å². The second-order valence-corrected chi connectivity index (χ2v) is 8.05. The maximum Gasteiger partial charge on any atom is 0.309 e. The monoisotopic (exact) mass is 423 g/mol. The molecule has 0 saturated heterocycles. The van der Waals surface area contributed by atoms with Gasteiger partial charge in [0, 0.05) is 18.8 Å². The predicted octanol–water partition coefficient (Wildman–Crippen LogP) is -0.192. The van der Waals surface area contributed by atoms with Crippen LogP contribution in [0.2, 0.25) is 0 Å². The van der Waals surface area contributed by atoms with Crippen LogP contribution >= 0.6 is 0 Å². The summed E-state index contributed by atoms with van der Waals surface area (Å²) >= 11 is 0. The van der Waals surface area contributed by atoms with E-state index in [-0.39, 0.29) is 31.0 Å². The number of nitrogens with one attached hydrogen (secondary N) is 2. The molecule has 11 nitrogen and oxygen atoms in total. The molecule has 0 aliphatic rings. The fraction of sp³-hybridized carbons (Fsp3) is 0.412. The standard InChI is InChI=1S/C17H21N5O6S/c1-29(26,27)22-17-21-13(10-28-17)16(25)20-12(9-11-4-7-19-8-5-11)15(24)14(23)3-2-6-18/h4-5,7-8,10,12,14-15,23-24H,2-3,9H2,1H3,(H,20,25)(H,21,22). The molecule has 3 atom stereocenters. The lowest BCUT2D eigenvalue weighted by Gasteiger charge is -2.27. The highest BCUT2D eigenvalue weighted by atomic mass is 32.2. The Morgan fingerprint density at radius 2 is 2.03 bits per heavy atom. The van der Waals surface area contributed by atoms with Crippen molar-refractivity contribution in [1.29, 1.82) is 5.26 Å². The van der Waals surface area contributed by atoms with Crippen molar-refractivity contribution in [3.8, 4) is 6.07 Å². The molecule has 0 fully saturated rings. The van der Waals surface area contributed by atoms with Gasteiger partial charge in [0.1, 0.15) is 12.4 Å². The smallest absolute Gasteiger partial charge is 0.309 e. The van der Waals surface area contributed by atoms with Crippen molar-refractivity contribution in [2.45, 2.75) is 37.5 Å². The Morgan fingerprint density at radius 1 is 1.34 bits per heavy atom. The summed E-state index contributed by atoms with van der Waals surface area (Å²) in [7, 11) is -3.63. The Hall–Kier alpha value is -3.01. The Balaban J connectivity index is 2.15. The van der Waals surface area contributed by atoms with E-state index < -0.39 is 34.2 Å². The van der Waals surface area contributed by atoms with Crippen LogP contribution in [-0.4, -0.2) is 59.0 Å². The highest BCUT2D eigenvalue weighted by Crippen LogP contribution is 2.14. The van der Waals surface area contributed by atoms with Crippen LogP contribution in [0, 0.1) is 11.3 Å². The van der Waals surface area contributed by atoms with Crippen LogP contribution in [0.25, 0.3) is 0 Å². The molecule has 2 aromatic heterocycles. The van der Waals surface area contributed by atoms with Crippen LogP contribution in [-0.2, 0) is 16.4 Å². The average Bonchev–Trinajstić information content (AvgIpc) is 3.12. The molecule has 12 heteroatoms. The number of nitriles is 1. The van der Waals surface area contributed by atoms with E-state index in [1.807, 2.05) is 10.8 Å².